The Morgan fingerprint density at radius 2 is 1.74 bits per heavy atom. The SMILES string of the molecule is Cc1ccc(Cn2c(C)ccc(C(=O)O)c2=O)cc1. The van der Waals surface area contributed by atoms with Gasteiger partial charge in [-0.05, 0) is 31.5 Å². The quantitative estimate of drug-likeness (QED) is 0.917. The molecule has 0 fully saturated rings. The van der Waals surface area contributed by atoms with Crippen molar-refractivity contribution in [1.29, 1.82) is 0 Å². The first-order chi connectivity index (χ1) is 8.99. The van der Waals surface area contributed by atoms with E-state index in [0.29, 0.717) is 6.54 Å². The molecule has 0 aliphatic heterocycles. The van der Waals surface area contributed by atoms with Crippen LogP contribution in [-0.4, -0.2) is 15.6 Å². The van der Waals surface area contributed by atoms with Crippen molar-refractivity contribution in [2.45, 2.75) is 20.4 Å². The molecule has 0 saturated heterocycles. The minimum atomic E-state index is -1.19. The first-order valence-corrected chi connectivity index (χ1v) is 5.98. The predicted molar refractivity (Wildman–Crippen MR) is 72.7 cm³/mol. The van der Waals surface area contributed by atoms with Crippen LogP contribution in [0.1, 0.15) is 27.2 Å². The van der Waals surface area contributed by atoms with Crippen LogP contribution in [0.4, 0.5) is 0 Å². The molecule has 1 aromatic heterocycles. The summed E-state index contributed by atoms with van der Waals surface area (Å²) in [5.41, 5.74) is 2.20. The summed E-state index contributed by atoms with van der Waals surface area (Å²) in [5, 5.41) is 8.97. The van der Waals surface area contributed by atoms with Crippen LogP contribution in [0.5, 0.6) is 0 Å². The third-order valence-electron chi connectivity index (χ3n) is 3.08. The van der Waals surface area contributed by atoms with Gasteiger partial charge in [-0.25, -0.2) is 4.79 Å². The molecule has 0 bridgehead atoms. The predicted octanol–water partition coefficient (Wildman–Crippen LogP) is 2.21. The van der Waals surface area contributed by atoms with Crippen molar-refractivity contribution < 1.29 is 9.90 Å². The van der Waals surface area contributed by atoms with Gasteiger partial charge in [0.15, 0.2) is 0 Å². The van der Waals surface area contributed by atoms with Crippen molar-refractivity contribution in [3.63, 3.8) is 0 Å². The van der Waals surface area contributed by atoms with Crippen molar-refractivity contribution in [3.8, 4) is 0 Å². The maximum atomic E-state index is 12.1. The molecule has 98 valence electrons. The molecule has 0 saturated carbocycles. The van der Waals surface area contributed by atoms with Crippen LogP contribution >= 0.6 is 0 Å². The fourth-order valence-corrected chi connectivity index (χ4v) is 1.91. The first kappa shape index (κ1) is 13.1. The van der Waals surface area contributed by atoms with E-state index in [4.69, 9.17) is 5.11 Å². The van der Waals surface area contributed by atoms with Gasteiger partial charge in [-0.1, -0.05) is 29.8 Å². The molecule has 4 heteroatoms. The molecule has 0 spiro atoms. The summed E-state index contributed by atoms with van der Waals surface area (Å²) in [7, 11) is 0. The van der Waals surface area contributed by atoms with E-state index in [-0.39, 0.29) is 5.56 Å². The lowest BCUT2D eigenvalue weighted by atomic mass is 10.1. The zero-order chi connectivity index (χ0) is 14.0. The molecule has 1 aromatic carbocycles. The first-order valence-electron chi connectivity index (χ1n) is 5.98. The van der Waals surface area contributed by atoms with Crippen molar-refractivity contribution in [2.24, 2.45) is 0 Å². The van der Waals surface area contributed by atoms with Gasteiger partial charge in [-0.15, -0.1) is 0 Å². The van der Waals surface area contributed by atoms with Crippen molar-refractivity contribution in [1.82, 2.24) is 4.57 Å². The lowest BCUT2D eigenvalue weighted by molar-refractivity contribution is 0.0694. The molecule has 19 heavy (non-hydrogen) atoms. The number of hydrogen-bond acceptors (Lipinski definition) is 2. The van der Waals surface area contributed by atoms with Crippen LogP contribution in [0.2, 0.25) is 0 Å². The normalized spacial score (nSPS) is 10.4. The van der Waals surface area contributed by atoms with E-state index >= 15 is 0 Å². The fraction of sp³-hybridized carbons (Fsp3) is 0.200. The minimum Gasteiger partial charge on any atom is -0.477 e. The topological polar surface area (TPSA) is 59.3 Å². The van der Waals surface area contributed by atoms with E-state index in [1.54, 1.807) is 13.0 Å². The Hall–Kier alpha value is -2.36. The van der Waals surface area contributed by atoms with E-state index in [2.05, 4.69) is 0 Å². The minimum absolute atomic E-state index is 0.197. The highest BCUT2D eigenvalue weighted by Crippen LogP contribution is 2.07. The van der Waals surface area contributed by atoms with Gasteiger partial charge < -0.3 is 9.67 Å². The maximum absolute atomic E-state index is 12.1. The van der Waals surface area contributed by atoms with Gasteiger partial charge in [0.05, 0.1) is 6.54 Å². The molecule has 1 N–H and O–H groups in total. The number of hydrogen-bond donors (Lipinski definition) is 1. The lowest BCUT2D eigenvalue weighted by Gasteiger charge is -2.11. The van der Waals surface area contributed by atoms with Crippen LogP contribution in [-0.2, 0) is 6.54 Å². The molecule has 2 rings (SSSR count). The van der Waals surface area contributed by atoms with Crippen molar-refractivity contribution in [2.75, 3.05) is 0 Å². The van der Waals surface area contributed by atoms with E-state index in [9.17, 15) is 9.59 Å². The number of aromatic nitrogens is 1. The molecular formula is C15H15NO3. The summed E-state index contributed by atoms with van der Waals surface area (Å²) < 4.78 is 1.48. The van der Waals surface area contributed by atoms with Gasteiger partial charge in [0.1, 0.15) is 5.56 Å². The number of rotatable bonds is 3. The summed E-state index contributed by atoms with van der Waals surface area (Å²) >= 11 is 0. The summed E-state index contributed by atoms with van der Waals surface area (Å²) in [4.78, 5) is 23.1. The van der Waals surface area contributed by atoms with Crippen molar-refractivity contribution in [3.05, 3.63) is 69.1 Å². The number of carboxylic acids is 1. The van der Waals surface area contributed by atoms with Crippen LogP contribution in [0.3, 0.4) is 0 Å². The second kappa shape index (κ2) is 5.10. The molecule has 0 unspecified atom stereocenters. The Balaban J connectivity index is 2.45. The number of carbonyl (C=O) groups is 1. The average Bonchev–Trinajstić information content (AvgIpc) is 2.36. The highest BCUT2D eigenvalue weighted by molar-refractivity contribution is 5.87. The van der Waals surface area contributed by atoms with E-state index in [0.717, 1.165) is 16.8 Å². The van der Waals surface area contributed by atoms with Gasteiger partial charge in [0, 0.05) is 5.69 Å². The Morgan fingerprint density at radius 1 is 1.11 bits per heavy atom. The molecule has 0 aliphatic carbocycles. The highest BCUT2D eigenvalue weighted by Gasteiger charge is 2.12. The standard InChI is InChI=1S/C15H15NO3/c1-10-3-6-12(7-4-10)9-16-11(2)5-8-13(14(16)17)15(18)19/h3-8H,9H2,1-2H3,(H,18,19). The van der Waals surface area contributed by atoms with E-state index < -0.39 is 11.5 Å². The van der Waals surface area contributed by atoms with Crippen LogP contribution in [0.25, 0.3) is 0 Å². The average molecular weight is 257 g/mol. The molecule has 2 aromatic rings. The molecule has 0 atom stereocenters. The molecule has 0 amide bonds. The number of pyridine rings is 1. The Kier molecular flexibility index (Phi) is 3.51. The van der Waals surface area contributed by atoms with Gasteiger partial charge in [-0.3, -0.25) is 4.79 Å². The van der Waals surface area contributed by atoms with E-state index in [1.807, 2.05) is 31.2 Å². The molecular weight excluding hydrogens is 242 g/mol. The second-order valence-corrected chi connectivity index (χ2v) is 4.57. The maximum Gasteiger partial charge on any atom is 0.341 e. The van der Waals surface area contributed by atoms with Gasteiger partial charge in [-0.2, -0.15) is 0 Å². The number of aromatic carboxylic acids is 1. The molecule has 4 nitrogen and oxygen atoms in total. The van der Waals surface area contributed by atoms with Crippen LogP contribution in [0.15, 0.2) is 41.2 Å². The third kappa shape index (κ3) is 2.73. The Labute approximate surface area is 110 Å². The highest BCUT2D eigenvalue weighted by atomic mass is 16.4. The monoisotopic (exact) mass is 257 g/mol. The van der Waals surface area contributed by atoms with E-state index in [1.165, 1.54) is 10.6 Å². The smallest absolute Gasteiger partial charge is 0.341 e. The summed E-state index contributed by atoms with van der Waals surface area (Å²) in [5.74, 6) is -1.19. The Bertz CT molecular complexity index is 669. The molecule has 0 radical (unpaired) electrons. The summed E-state index contributed by atoms with van der Waals surface area (Å²) in [6, 6.07) is 10.8. The van der Waals surface area contributed by atoms with Crippen LogP contribution in [0, 0.1) is 13.8 Å². The Morgan fingerprint density at radius 3 is 2.32 bits per heavy atom. The molecule has 1 heterocycles. The van der Waals surface area contributed by atoms with Gasteiger partial charge in [0.25, 0.3) is 5.56 Å². The number of benzene rings is 1. The number of aryl methyl sites for hydroxylation is 2. The third-order valence-corrected chi connectivity index (χ3v) is 3.08. The van der Waals surface area contributed by atoms with Gasteiger partial charge >= 0.3 is 5.97 Å². The lowest BCUT2D eigenvalue weighted by Crippen LogP contribution is -2.28. The summed E-state index contributed by atoms with van der Waals surface area (Å²) in [6.45, 7) is 4.17. The second-order valence-electron chi connectivity index (χ2n) is 4.57. The number of nitrogens with zero attached hydrogens (tertiary/aromatic N) is 1. The summed E-state index contributed by atoms with van der Waals surface area (Å²) in [6.07, 6.45) is 0. The van der Waals surface area contributed by atoms with Crippen molar-refractivity contribution >= 4 is 5.97 Å². The van der Waals surface area contributed by atoms with Crippen LogP contribution < -0.4 is 5.56 Å². The zero-order valence-corrected chi connectivity index (χ0v) is 10.9. The van der Waals surface area contributed by atoms with Gasteiger partial charge in [0.2, 0.25) is 0 Å². The number of carboxylic acid groups (broad SMARTS) is 1. The fourth-order valence-electron chi connectivity index (χ4n) is 1.91. The molecule has 0 aliphatic rings. The largest absolute Gasteiger partial charge is 0.477 e. The zero-order valence-electron chi connectivity index (χ0n) is 10.9.